The number of allylic oxidation sites excluding steroid dienone is 3. The molecule has 0 radical (unpaired) electrons. The van der Waals surface area contributed by atoms with Crippen molar-refractivity contribution in [1.29, 1.82) is 0 Å². The molecule has 0 aliphatic heterocycles. The van der Waals surface area contributed by atoms with Gasteiger partial charge in [0, 0.05) is 11.6 Å². The molecule has 100 valence electrons. The van der Waals surface area contributed by atoms with Gasteiger partial charge in [-0.2, -0.15) is 0 Å². The topological polar surface area (TPSA) is 63.6 Å². The Morgan fingerprint density at radius 2 is 1.89 bits per heavy atom. The van der Waals surface area contributed by atoms with E-state index in [0.29, 0.717) is 18.6 Å². The Labute approximate surface area is 108 Å². The van der Waals surface area contributed by atoms with Crippen LogP contribution in [0.15, 0.2) is 49.6 Å². The molecule has 0 aliphatic rings. The highest BCUT2D eigenvalue weighted by Crippen LogP contribution is 2.02. The molecular weight excluding hydrogens is 232 g/mol. The molecule has 4 nitrogen and oxygen atoms in total. The molecule has 0 fully saturated rings. The van der Waals surface area contributed by atoms with Crippen LogP contribution in [0.5, 0.6) is 0 Å². The van der Waals surface area contributed by atoms with Crippen LogP contribution in [0.2, 0.25) is 0 Å². The van der Waals surface area contributed by atoms with Gasteiger partial charge in [-0.05, 0) is 12.8 Å². The van der Waals surface area contributed by atoms with E-state index in [0.717, 1.165) is 12.5 Å². The molecule has 0 bridgehead atoms. The molecule has 0 heterocycles. The van der Waals surface area contributed by atoms with Crippen LogP contribution in [0.3, 0.4) is 0 Å². The standard InChI is InChI=1S/C11H16O2.C3H4O2/c1-4-6-7-8-10(3)11(12)13-9-5-2;1-2-3(4)5/h4,6-7H,1,3,5,8-9H2,2H3;2H,1H2,(H,4,5). The fraction of sp³-hybridized carbons (Fsp3) is 0.286. The molecule has 0 unspecified atom stereocenters. The molecule has 4 heteroatoms. The lowest BCUT2D eigenvalue weighted by Crippen LogP contribution is -2.07. The van der Waals surface area contributed by atoms with Gasteiger partial charge in [0.05, 0.1) is 6.61 Å². The lowest BCUT2D eigenvalue weighted by Gasteiger charge is -2.02. The van der Waals surface area contributed by atoms with Gasteiger partial charge in [-0.1, -0.05) is 44.9 Å². The van der Waals surface area contributed by atoms with E-state index in [2.05, 4.69) is 19.7 Å². The summed E-state index contributed by atoms with van der Waals surface area (Å²) in [6.07, 6.45) is 7.45. The Morgan fingerprint density at radius 3 is 2.28 bits per heavy atom. The van der Waals surface area contributed by atoms with E-state index < -0.39 is 5.97 Å². The Bertz CT molecular complexity index is 327. The number of rotatable bonds is 7. The highest BCUT2D eigenvalue weighted by atomic mass is 16.5. The van der Waals surface area contributed by atoms with E-state index in [1.165, 1.54) is 0 Å². The molecule has 0 aromatic heterocycles. The van der Waals surface area contributed by atoms with Crippen LogP contribution < -0.4 is 0 Å². The number of esters is 1. The van der Waals surface area contributed by atoms with Crippen LogP contribution in [0.25, 0.3) is 0 Å². The van der Waals surface area contributed by atoms with Crippen LogP contribution in [-0.2, 0) is 14.3 Å². The van der Waals surface area contributed by atoms with Gasteiger partial charge in [0.1, 0.15) is 0 Å². The van der Waals surface area contributed by atoms with Gasteiger partial charge in [-0.15, -0.1) is 0 Å². The molecule has 0 atom stereocenters. The largest absolute Gasteiger partial charge is 0.478 e. The fourth-order valence-corrected chi connectivity index (χ4v) is 0.687. The summed E-state index contributed by atoms with van der Waals surface area (Å²) in [5.41, 5.74) is 0.478. The monoisotopic (exact) mass is 252 g/mol. The zero-order valence-electron chi connectivity index (χ0n) is 10.7. The third-order valence-electron chi connectivity index (χ3n) is 1.54. The second-order valence-electron chi connectivity index (χ2n) is 3.15. The Hall–Kier alpha value is -2.10. The van der Waals surface area contributed by atoms with E-state index >= 15 is 0 Å². The SMILES string of the molecule is C=CC(=O)O.C=CC=CCC(=C)C(=O)OCCC. The fourth-order valence-electron chi connectivity index (χ4n) is 0.687. The number of hydrogen-bond donors (Lipinski definition) is 1. The maximum absolute atomic E-state index is 11.1. The van der Waals surface area contributed by atoms with Crippen LogP contribution >= 0.6 is 0 Å². The van der Waals surface area contributed by atoms with E-state index in [1.807, 2.05) is 13.0 Å². The Morgan fingerprint density at radius 1 is 1.33 bits per heavy atom. The molecule has 1 N–H and O–H groups in total. The average molecular weight is 252 g/mol. The first-order chi connectivity index (χ1) is 8.49. The first kappa shape index (κ1) is 18.3. The van der Waals surface area contributed by atoms with Crippen LogP contribution in [0.1, 0.15) is 19.8 Å². The van der Waals surface area contributed by atoms with E-state index in [4.69, 9.17) is 9.84 Å². The number of carbonyl (C=O) groups is 2. The van der Waals surface area contributed by atoms with E-state index in [9.17, 15) is 9.59 Å². The van der Waals surface area contributed by atoms with Crippen LogP contribution in [0, 0.1) is 0 Å². The summed E-state index contributed by atoms with van der Waals surface area (Å²) in [5.74, 6) is -1.29. The predicted molar refractivity (Wildman–Crippen MR) is 72.2 cm³/mol. The van der Waals surface area contributed by atoms with Crippen molar-refractivity contribution in [3.63, 3.8) is 0 Å². The minimum atomic E-state index is -0.981. The number of carbonyl (C=O) groups excluding carboxylic acids is 1. The summed E-state index contributed by atoms with van der Waals surface area (Å²) in [4.78, 5) is 20.4. The lowest BCUT2D eigenvalue weighted by molar-refractivity contribution is -0.139. The zero-order chi connectivity index (χ0) is 14.4. The van der Waals surface area contributed by atoms with Gasteiger partial charge < -0.3 is 9.84 Å². The maximum atomic E-state index is 11.1. The minimum absolute atomic E-state index is 0.310. The lowest BCUT2D eigenvalue weighted by atomic mass is 10.2. The summed E-state index contributed by atoms with van der Waals surface area (Å²) in [6.45, 7) is 12.5. The summed E-state index contributed by atoms with van der Waals surface area (Å²) in [6, 6.07) is 0. The van der Waals surface area contributed by atoms with Crippen LogP contribution in [-0.4, -0.2) is 23.7 Å². The molecule has 0 rings (SSSR count). The second-order valence-corrected chi connectivity index (χ2v) is 3.15. The number of carboxylic acid groups (broad SMARTS) is 1. The van der Waals surface area contributed by atoms with Gasteiger partial charge in [0.15, 0.2) is 0 Å². The minimum Gasteiger partial charge on any atom is -0.478 e. The molecule has 18 heavy (non-hydrogen) atoms. The van der Waals surface area contributed by atoms with E-state index in [-0.39, 0.29) is 5.97 Å². The van der Waals surface area contributed by atoms with Crippen molar-refractivity contribution in [3.8, 4) is 0 Å². The highest BCUT2D eigenvalue weighted by molar-refractivity contribution is 5.87. The van der Waals surface area contributed by atoms with Crippen molar-refractivity contribution in [1.82, 2.24) is 0 Å². The zero-order valence-corrected chi connectivity index (χ0v) is 10.7. The normalized spacial score (nSPS) is 8.94. The molecule has 0 spiro atoms. The third-order valence-corrected chi connectivity index (χ3v) is 1.54. The smallest absolute Gasteiger partial charge is 0.333 e. The molecule has 0 aromatic carbocycles. The highest BCUT2D eigenvalue weighted by Gasteiger charge is 2.04. The second kappa shape index (κ2) is 13.0. The molecular formula is C14H20O4. The van der Waals surface area contributed by atoms with Crippen molar-refractivity contribution in [2.24, 2.45) is 0 Å². The van der Waals surface area contributed by atoms with Crippen LogP contribution in [0.4, 0.5) is 0 Å². The molecule has 0 amide bonds. The van der Waals surface area contributed by atoms with Gasteiger partial charge in [0.25, 0.3) is 0 Å². The number of hydrogen-bond acceptors (Lipinski definition) is 3. The van der Waals surface area contributed by atoms with Crippen molar-refractivity contribution in [3.05, 3.63) is 49.6 Å². The average Bonchev–Trinajstić information content (AvgIpc) is 2.36. The molecule has 0 saturated carbocycles. The Kier molecular flexibility index (Phi) is 13.2. The van der Waals surface area contributed by atoms with Crippen molar-refractivity contribution in [2.75, 3.05) is 6.61 Å². The molecule has 0 saturated heterocycles. The molecule has 0 aliphatic carbocycles. The summed E-state index contributed by atoms with van der Waals surface area (Å²) in [5, 5.41) is 7.60. The summed E-state index contributed by atoms with van der Waals surface area (Å²) < 4.78 is 4.89. The Balaban J connectivity index is 0. The first-order valence-corrected chi connectivity index (χ1v) is 5.47. The summed E-state index contributed by atoms with van der Waals surface area (Å²) >= 11 is 0. The third kappa shape index (κ3) is 13.9. The predicted octanol–water partition coefficient (Wildman–Crippen LogP) is 2.89. The van der Waals surface area contributed by atoms with Crippen molar-refractivity contribution in [2.45, 2.75) is 19.8 Å². The number of carboxylic acids is 1. The van der Waals surface area contributed by atoms with E-state index in [1.54, 1.807) is 12.2 Å². The van der Waals surface area contributed by atoms with Crippen molar-refractivity contribution < 1.29 is 19.4 Å². The van der Waals surface area contributed by atoms with Gasteiger partial charge >= 0.3 is 11.9 Å². The van der Waals surface area contributed by atoms with Gasteiger partial charge in [-0.25, -0.2) is 9.59 Å². The number of aliphatic carboxylic acids is 1. The van der Waals surface area contributed by atoms with Gasteiger partial charge in [0.2, 0.25) is 0 Å². The first-order valence-electron chi connectivity index (χ1n) is 5.47. The van der Waals surface area contributed by atoms with Gasteiger partial charge in [-0.3, -0.25) is 0 Å². The quantitative estimate of drug-likeness (QED) is 0.430. The maximum Gasteiger partial charge on any atom is 0.333 e. The van der Waals surface area contributed by atoms with Crippen molar-refractivity contribution >= 4 is 11.9 Å². The number of ether oxygens (including phenoxy) is 1. The molecule has 0 aromatic rings. The summed E-state index contributed by atoms with van der Waals surface area (Å²) in [7, 11) is 0.